The monoisotopic (exact) mass is 283 g/mol. The van der Waals surface area contributed by atoms with E-state index >= 15 is 0 Å². The molecule has 21 heavy (non-hydrogen) atoms. The zero-order chi connectivity index (χ0) is 15.2. The summed E-state index contributed by atoms with van der Waals surface area (Å²) in [6, 6.07) is 13.6. The first-order chi connectivity index (χ1) is 10.1. The standard InChI is InChI=1S/C8H6N2O.C7H7NO2/c11-8-6-3-1-2-4-7(6)9-5-10-8;8-6-4-2-1-3-5(6)7(9)10/h1-5H,(H,9,10,11);1-4H,8H2,(H,9,10). The van der Waals surface area contributed by atoms with E-state index in [0.29, 0.717) is 11.1 Å². The van der Waals surface area contributed by atoms with Crippen molar-refractivity contribution in [2.24, 2.45) is 0 Å². The van der Waals surface area contributed by atoms with Crippen molar-refractivity contribution in [3.63, 3.8) is 0 Å². The number of para-hydroxylation sites is 2. The van der Waals surface area contributed by atoms with Crippen molar-refractivity contribution in [2.75, 3.05) is 5.73 Å². The number of rotatable bonds is 1. The lowest BCUT2D eigenvalue weighted by atomic mass is 10.2. The minimum Gasteiger partial charge on any atom is -0.478 e. The number of nitrogens with one attached hydrogen (secondary N) is 1. The van der Waals surface area contributed by atoms with Crippen LogP contribution in [0.2, 0.25) is 0 Å². The number of hydrogen-bond acceptors (Lipinski definition) is 4. The third kappa shape index (κ3) is 3.44. The van der Waals surface area contributed by atoms with Crippen LogP contribution in [0.1, 0.15) is 10.4 Å². The maximum atomic E-state index is 11.1. The molecule has 0 radical (unpaired) electrons. The second-order valence-electron chi connectivity index (χ2n) is 4.14. The zero-order valence-corrected chi connectivity index (χ0v) is 11.0. The minimum absolute atomic E-state index is 0.0874. The molecule has 0 saturated heterocycles. The molecule has 0 aliphatic carbocycles. The Labute approximate surface area is 119 Å². The number of fused-ring (bicyclic) bond motifs is 1. The first kappa shape index (κ1) is 14.3. The normalized spacial score (nSPS) is 9.71. The largest absolute Gasteiger partial charge is 0.478 e. The van der Waals surface area contributed by atoms with Crippen molar-refractivity contribution in [1.82, 2.24) is 9.97 Å². The van der Waals surface area contributed by atoms with Gasteiger partial charge in [0, 0.05) is 5.69 Å². The first-order valence-electron chi connectivity index (χ1n) is 6.10. The molecule has 1 heterocycles. The molecule has 0 spiro atoms. The molecule has 0 aliphatic heterocycles. The van der Waals surface area contributed by atoms with Gasteiger partial charge < -0.3 is 15.8 Å². The summed E-state index contributed by atoms with van der Waals surface area (Å²) in [5, 5.41) is 9.12. The number of carboxylic acids is 1. The van der Waals surface area contributed by atoms with E-state index in [1.807, 2.05) is 18.2 Å². The van der Waals surface area contributed by atoms with Gasteiger partial charge in [0.05, 0.1) is 22.8 Å². The van der Waals surface area contributed by atoms with Gasteiger partial charge in [-0.3, -0.25) is 4.79 Å². The van der Waals surface area contributed by atoms with Crippen LogP contribution in [-0.4, -0.2) is 21.0 Å². The van der Waals surface area contributed by atoms with Crippen molar-refractivity contribution in [2.45, 2.75) is 0 Å². The number of aromatic amines is 1. The number of anilines is 1. The van der Waals surface area contributed by atoms with E-state index in [2.05, 4.69) is 9.97 Å². The lowest BCUT2D eigenvalue weighted by Gasteiger charge is -1.96. The molecule has 6 nitrogen and oxygen atoms in total. The second-order valence-corrected chi connectivity index (χ2v) is 4.14. The lowest BCUT2D eigenvalue weighted by Crippen LogP contribution is -2.05. The molecule has 4 N–H and O–H groups in total. The molecule has 0 fully saturated rings. The number of nitrogens with two attached hydrogens (primary N) is 1. The van der Waals surface area contributed by atoms with Gasteiger partial charge in [0.2, 0.25) is 0 Å². The molecule has 0 amide bonds. The first-order valence-corrected chi connectivity index (χ1v) is 6.10. The highest BCUT2D eigenvalue weighted by molar-refractivity contribution is 5.93. The van der Waals surface area contributed by atoms with E-state index in [4.69, 9.17) is 10.8 Å². The summed E-state index contributed by atoms with van der Waals surface area (Å²) in [5.74, 6) is -0.988. The summed E-state index contributed by atoms with van der Waals surface area (Å²) in [7, 11) is 0. The van der Waals surface area contributed by atoms with E-state index in [0.717, 1.165) is 5.52 Å². The van der Waals surface area contributed by atoms with Crippen molar-refractivity contribution < 1.29 is 9.90 Å². The van der Waals surface area contributed by atoms with Gasteiger partial charge in [0.1, 0.15) is 0 Å². The Morgan fingerprint density at radius 1 is 1.10 bits per heavy atom. The molecule has 106 valence electrons. The summed E-state index contributed by atoms with van der Waals surface area (Å²) < 4.78 is 0. The van der Waals surface area contributed by atoms with Crippen molar-refractivity contribution in [3.8, 4) is 0 Å². The Bertz CT molecular complexity index is 822. The van der Waals surface area contributed by atoms with E-state index in [1.54, 1.807) is 24.3 Å². The Morgan fingerprint density at radius 3 is 2.38 bits per heavy atom. The molecule has 3 rings (SSSR count). The number of carbonyl (C=O) groups is 1. The van der Waals surface area contributed by atoms with E-state index in [-0.39, 0.29) is 11.1 Å². The number of hydrogen-bond donors (Lipinski definition) is 3. The van der Waals surface area contributed by atoms with Gasteiger partial charge in [-0.2, -0.15) is 0 Å². The quantitative estimate of drug-likeness (QED) is 0.591. The Balaban J connectivity index is 0.000000155. The zero-order valence-electron chi connectivity index (χ0n) is 11.0. The number of aromatic carboxylic acids is 1. The highest BCUT2D eigenvalue weighted by Gasteiger charge is 2.03. The fourth-order valence-electron chi connectivity index (χ4n) is 1.71. The molecule has 0 saturated carbocycles. The number of nitrogen functional groups attached to an aromatic ring is 1. The maximum Gasteiger partial charge on any atom is 0.337 e. The highest BCUT2D eigenvalue weighted by atomic mass is 16.4. The van der Waals surface area contributed by atoms with Crippen LogP contribution < -0.4 is 11.3 Å². The molecule has 3 aromatic rings. The van der Waals surface area contributed by atoms with Gasteiger partial charge in [0.25, 0.3) is 5.56 Å². The Hall–Kier alpha value is -3.15. The SMILES string of the molecule is Nc1ccccc1C(=O)O.O=c1[nH]cnc2ccccc12. The summed E-state index contributed by atoms with van der Waals surface area (Å²) in [6.45, 7) is 0. The van der Waals surface area contributed by atoms with Crippen LogP contribution in [0.15, 0.2) is 59.7 Å². The molecule has 2 aromatic carbocycles. The van der Waals surface area contributed by atoms with Crippen LogP contribution in [0.3, 0.4) is 0 Å². The van der Waals surface area contributed by atoms with Crippen LogP contribution in [-0.2, 0) is 0 Å². The third-order valence-electron chi connectivity index (χ3n) is 2.74. The molecule has 0 aliphatic rings. The number of H-pyrrole nitrogens is 1. The molecule has 0 bridgehead atoms. The highest BCUT2D eigenvalue weighted by Crippen LogP contribution is 2.09. The summed E-state index contributed by atoms with van der Waals surface area (Å²) in [4.78, 5) is 27.9. The van der Waals surface area contributed by atoms with Crippen LogP contribution in [0.25, 0.3) is 10.9 Å². The van der Waals surface area contributed by atoms with Crippen molar-refractivity contribution >= 4 is 22.6 Å². The third-order valence-corrected chi connectivity index (χ3v) is 2.74. The average Bonchev–Trinajstić information content (AvgIpc) is 2.49. The summed E-state index contributed by atoms with van der Waals surface area (Å²) in [6.07, 6.45) is 1.41. The topological polar surface area (TPSA) is 109 Å². The fraction of sp³-hybridized carbons (Fsp3) is 0. The molecule has 0 unspecified atom stereocenters. The van der Waals surface area contributed by atoms with Crippen molar-refractivity contribution in [1.29, 1.82) is 0 Å². The van der Waals surface area contributed by atoms with E-state index in [9.17, 15) is 9.59 Å². The number of benzene rings is 2. The van der Waals surface area contributed by atoms with Crippen LogP contribution in [0, 0.1) is 0 Å². The van der Waals surface area contributed by atoms with Gasteiger partial charge in [-0.15, -0.1) is 0 Å². The molecule has 1 aromatic heterocycles. The number of nitrogens with zero attached hydrogens (tertiary/aromatic N) is 1. The Morgan fingerprint density at radius 2 is 1.76 bits per heavy atom. The average molecular weight is 283 g/mol. The maximum absolute atomic E-state index is 11.1. The van der Waals surface area contributed by atoms with Gasteiger partial charge in [0.15, 0.2) is 0 Å². The second kappa shape index (κ2) is 6.33. The van der Waals surface area contributed by atoms with Gasteiger partial charge >= 0.3 is 5.97 Å². The number of aromatic nitrogens is 2. The van der Waals surface area contributed by atoms with Gasteiger partial charge in [-0.1, -0.05) is 24.3 Å². The smallest absolute Gasteiger partial charge is 0.337 e. The summed E-state index contributed by atoms with van der Waals surface area (Å²) in [5.41, 5.74) is 6.44. The van der Waals surface area contributed by atoms with Crippen LogP contribution >= 0.6 is 0 Å². The van der Waals surface area contributed by atoms with Gasteiger partial charge in [-0.25, -0.2) is 9.78 Å². The van der Waals surface area contributed by atoms with Crippen LogP contribution in [0.5, 0.6) is 0 Å². The predicted octanol–water partition coefficient (Wildman–Crippen LogP) is 1.89. The Kier molecular flexibility index (Phi) is 4.30. The summed E-state index contributed by atoms with van der Waals surface area (Å²) >= 11 is 0. The number of carboxylic acid groups (broad SMARTS) is 1. The molecule has 0 atom stereocenters. The molecule has 6 heteroatoms. The minimum atomic E-state index is -0.988. The van der Waals surface area contributed by atoms with Crippen molar-refractivity contribution in [3.05, 3.63) is 70.8 Å². The molecular formula is C15H13N3O3. The lowest BCUT2D eigenvalue weighted by molar-refractivity contribution is 0.0698. The molecular weight excluding hydrogens is 270 g/mol. The van der Waals surface area contributed by atoms with Gasteiger partial charge in [-0.05, 0) is 24.3 Å². The van der Waals surface area contributed by atoms with Crippen LogP contribution in [0.4, 0.5) is 5.69 Å². The van der Waals surface area contributed by atoms with E-state index in [1.165, 1.54) is 12.4 Å². The van der Waals surface area contributed by atoms with E-state index < -0.39 is 5.97 Å². The fourth-order valence-corrected chi connectivity index (χ4v) is 1.71. The predicted molar refractivity (Wildman–Crippen MR) is 80.2 cm³/mol.